The van der Waals surface area contributed by atoms with Gasteiger partial charge in [-0.05, 0) is 42.7 Å². The molecule has 0 radical (unpaired) electrons. The number of rotatable bonds is 3. The zero-order chi connectivity index (χ0) is 12.4. The third kappa shape index (κ3) is 2.27. The molecule has 0 saturated heterocycles. The number of hydrogen-bond acceptors (Lipinski definition) is 0. The molecule has 3 rings (SSSR count). The molecule has 0 bridgehead atoms. The van der Waals surface area contributed by atoms with E-state index < -0.39 is 0 Å². The summed E-state index contributed by atoms with van der Waals surface area (Å²) in [6, 6.07) is 9.18. The minimum atomic E-state index is 0.434. The van der Waals surface area contributed by atoms with E-state index in [4.69, 9.17) is 0 Å². The van der Waals surface area contributed by atoms with Crippen molar-refractivity contribution in [3.63, 3.8) is 0 Å². The van der Waals surface area contributed by atoms with E-state index in [1.54, 1.807) is 11.1 Å². The lowest BCUT2D eigenvalue weighted by molar-refractivity contribution is 0.308. The lowest BCUT2D eigenvalue weighted by atomic mass is 9.67. The summed E-state index contributed by atoms with van der Waals surface area (Å²) in [6.07, 6.45) is 11.3. The first-order valence-corrected chi connectivity index (χ1v) is 8.61. The van der Waals surface area contributed by atoms with E-state index in [-0.39, 0.29) is 0 Å². The number of benzene rings is 1. The Morgan fingerprint density at radius 1 is 1.11 bits per heavy atom. The minimum absolute atomic E-state index is 0.434. The fourth-order valence-electron chi connectivity index (χ4n) is 4.18. The fourth-order valence-corrected chi connectivity index (χ4v) is 4.99. The molecule has 2 aliphatic rings. The number of aryl methyl sites for hydroxylation is 1. The second-order valence-corrected chi connectivity index (χ2v) is 6.84. The van der Waals surface area contributed by atoms with Gasteiger partial charge >= 0.3 is 0 Å². The van der Waals surface area contributed by atoms with Crippen LogP contribution in [-0.4, -0.2) is 5.33 Å². The van der Waals surface area contributed by atoms with Gasteiger partial charge in [0.1, 0.15) is 0 Å². The number of halogens is 1. The first kappa shape index (κ1) is 12.7. The molecule has 98 valence electrons. The maximum Gasteiger partial charge on any atom is 0.0129 e. The van der Waals surface area contributed by atoms with Crippen LogP contribution in [0.4, 0.5) is 0 Å². The molecule has 1 unspecified atom stereocenters. The zero-order valence-corrected chi connectivity index (χ0v) is 12.7. The molecular formula is C17H23Br. The molecular weight excluding hydrogens is 284 g/mol. The van der Waals surface area contributed by atoms with E-state index in [1.165, 1.54) is 51.4 Å². The molecule has 0 aromatic heterocycles. The summed E-state index contributed by atoms with van der Waals surface area (Å²) >= 11 is 3.85. The maximum atomic E-state index is 3.85. The summed E-state index contributed by atoms with van der Waals surface area (Å²) in [4.78, 5) is 0. The summed E-state index contributed by atoms with van der Waals surface area (Å²) in [5, 5.41) is 1.15. The summed E-state index contributed by atoms with van der Waals surface area (Å²) in [6.45, 7) is 0. The number of alkyl halides is 1. The van der Waals surface area contributed by atoms with Gasteiger partial charge in [-0.15, -0.1) is 0 Å². The average Bonchev–Trinajstić information content (AvgIpc) is 2.92. The highest BCUT2D eigenvalue weighted by Gasteiger charge is 2.37. The normalized spacial score (nSPS) is 28.3. The smallest absolute Gasteiger partial charge is 0.0129 e. The van der Waals surface area contributed by atoms with Gasteiger partial charge < -0.3 is 0 Å². The van der Waals surface area contributed by atoms with E-state index in [1.807, 2.05) is 0 Å². The van der Waals surface area contributed by atoms with Gasteiger partial charge in [0, 0.05) is 10.7 Å². The van der Waals surface area contributed by atoms with Crippen LogP contribution in [-0.2, 0) is 11.8 Å². The van der Waals surface area contributed by atoms with Crippen molar-refractivity contribution >= 4 is 15.9 Å². The van der Waals surface area contributed by atoms with Crippen molar-refractivity contribution in [3.8, 4) is 0 Å². The Morgan fingerprint density at radius 2 is 1.89 bits per heavy atom. The SMILES string of the molecule is BrCC1(CC2CCCC2)CCCc2ccccc21. The molecule has 2 aliphatic carbocycles. The molecule has 1 saturated carbocycles. The van der Waals surface area contributed by atoms with Gasteiger partial charge in [-0.25, -0.2) is 0 Å². The quantitative estimate of drug-likeness (QED) is 0.670. The van der Waals surface area contributed by atoms with Crippen molar-refractivity contribution in [3.05, 3.63) is 35.4 Å². The Balaban J connectivity index is 1.91. The molecule has 1 atom stereocenters. The van der Waals surface area contributed by atoms with Crippen LogP contribution in [0.3, 0.4) is 0 Å². The van der Waals surface area contributed by atoms with Crippen LogP contribution in [0.5, 0.6) is 0 Å². The minimum Gasteiger partial charge on any atom is -0.0918 e. The largest absolute Gasteiger partial charge is 0.0918 e. The van der Waals surface area contributed by atoms with Crippen molar-refractivity contribution in [1.82, 2.24) is 0 Å². The zero-order valence-electron chi connectivity index (χ0n) is 11.1. The van der Waals surface area contributed by atoms with Crippen molar-refractivity contribution in [1.29, 1.82) is 0 Å². The molecule has 1 fully saturated rings. The molecule has 18 heavy (non-hydrogen) atoms. The van der Waals surface area contributed by atoms with Crippen LogP contribution < -0.4 is 0 Å². The monoisotopic (exact) mass is 306 g/mol. The maximum absolute atomic E-state index is 3.85. The summed E-state index contributed by atoms with van der Waals surface area (Å²) in [5.41, 5.74) is 3.70. The first-order valence-electron chi connectivity index (χ1n) is 7.48. The lowest BCUT2D eigenvalue weighted by Gasteiger charge is -2.40. The third-order valence-electron chi connectivity index (χ3n) is 5.10. The Morgan fingerprint density at radius 3 is 2.67 bits per heavy atom. The molecule has 0 amide bonds. The molecule has 1 aromatic carbocycles. The predicted octanol–water partition coefficient (Wildman–Crippen LogP) is 5.24. The van der Waals surface area contributed by atoms with E-state index >= 15 is 0 Å². The van der Waals surface area contributed by atoms with Crippen molar-refractivity contribution in [2.45, 2.75) is 56.8 Å². The van der Waals surface area contributed by atoms with Crippen LogP contribution >= 0.6 is 15.9 Å². The van der Waals surface area contributed by atoms with Crippen molar-refractivity contribution in [2.24, 2.45) is 5.92 Å². The molecule has 0 spiro atoms. The molecule has 0 N–H and O–H groups in total. The lowest BCUT2D eigenvalue weighted by Crippen LogP contribution is -2.34. The van der Waals surface area contributed by atoms with E-state index in [2.05, 4.69) is 40.2 Å². The summed E-state index contributed by atoms with van der Waals surface area (Å²) in [7, 11) is 0. The van der Waals surface area contributed by atoms with E-state index in [9.17, 15) is 0 Å². The highest BCUT2D eigenvalue weighted by Crippen LogP contribution is 2.46. The topological polar surface area (TPSA) is 0 Å². The Bertz CT molecular complexity index is 406. The van der Waals surface area contributed by atoms with Crippen LogP contribution in [0.2, 0.25) is 0 Å². The van der Waals surface area contributed by atoms with Gasteiger partial charge in [-0.2, -0.15) is 0 Å². The first-order chi connectivity index (χ1) is 8.84. The summed E-state index contributed by atoms with van der Waals surface area (Å²) in [5.74, 6) is 0.980. The Kier molecular flexibility index (Phi) is 3.79. The van der Waals surface area contributed by atoms with Crippen LogP contribution in [0.1, 0.15) is 56.1 Å². The van der Waals surface area contributed by atoms with Crippen LogP contribution in [0.25, 0.3) is 0 Å². The van der Waals surface area contributed by atoms with Gasteiger partial charge in [0.25, 0.3) is 0 Å². The number of fused-ring (bicyclic) bond motifs is 1. The highest BCUT2D eigenvalue weighted by atomic mass is 79.9. The van der Waals surface area contributed by atoms with Gasteiger partial charge in [-0.3, -0.25) is 0 Å². The van der Waals surface area contributed by atoms with Crippen LogP contribution in [0, 0.1) is 5.92 Å². The molecule has 1 aromatic rings. The molecule has 0 nitrogen and oxygen atoms in total. The molecule has 0 aliphatic heterocycles. The highest BCUT2D eigenvalue weighted by molar-refractivity contribution is 9.09. The average molecular weight is 307 g/mol. The molecule has 0 heterocycles. The second-order valence-electron chi connectivity index (χ2n) is 6.28. The van der Waals surface area contributed by atoms with Gasteiger partial charge in [0.15, 0.2) is 0 Å². The standard InChI is InChI=1S/C17H23Br/c18-13-17(12-14-6-1-2-7-14)11-5-9-15-8-3-4-10-16(15)17/h3-4,8,10,14H,1-2,5-7,9,11-13H2. The van der Waals surface area contributed by atoms with Gasteiger partial charge in [0.2, 0.25) is 0 Å². The van der Waals surface area contributed by atoms with Crippen LogP contribution in [0.15, 0.2) is 24.3 Å². The van der Waals surface area contributed by atoms with Crippen molar-refractivity contribution < 1.29 is 0 Å². The third-order valence-corrected chi connectivity index (χ3v) is 6.17. The van der Waals surface area contributed by atoms with Gasteiger partial charge in [0.05, 0.1) is 0 Å². The second kappa shape index (κ2) is 5.36. The number of hydrogen-bond donors (Lipinski definition) is 0. The molecule has 1 heteroatoms. The van der Waals surface area contributed by atoms with E-state index in [0.717, 1.165) is 11.2 Å². The fraction of sp³-hybridized carbons (Fsp3) is 0.647. The van der Waals surface area contributed by atoms with Gasteiger partial charge in [-0.1, -0.05) is 65.9 Å². The van der Waals surface area contributed by atoms with Crippen molar-refractivity contribution in [2.75, 3.05) is 5.33 Å². The predicted molar refractivity (Wildman–Crippen MR) is 81.4 cm³/mol. The Labute approximate surface area is 119 Å². The van der Waals surface area contributed by atoms with E-state index in [0.29, 0.717) is 5.41 Å². The summed E-state index contributed by atoms with van der Waals surface area (Å²) < 4.78 is 0. The Hall–Kier alpha value is -0.300.